The summed E-state index contributed by atoms with van der Waals surface area (Å²) in [5.41, 5.74) is 0. The fourth-order valence-corrected chi connectivity index (χ4v) is 4.78. The second-order valence-corrected chi connectivity index (χ2v) is 7.45. The number of sulfonamides is 1. The zero-order valence-electron chi connectivity index (χ0n) is 11.0. The van der Waals surface area contributed by atoms with Gasteiger partial charge in [0.05, 0.1) is 9.77 Å². The molecule has 1 saturated heterocycles. The average molecular weight is 327 g/mol. The van der Waals surface area contributed by atoms with Crippen LogP contribution in [0.2, 0.25) is 0 Å². The first-order valence-corrected chi connectivity index (χ1v) is 8.70. The Morgan fingerprint density at radius 1 is 1.38 bits per heavy atom. The highest BCUT2D eigenvalue weighted by molar-refractivity contribution is 7.89. The molecule has 7 nitrogen and oxygen atoms in total. The van der Waals surface area contributed by atoms with Crippen LogP contribution in [0.25, 0.3) is 0 Å². The van der Waals surface area contributed by atoms with E-state index in [1.165, 1.54) is 28.1 Å². The minimum atomic E-state index is -3.48. The van der Waals surface area contributed by atoms with Crippen LogP contribution in [-0.4, -0.2) is 36.9 Å². The zero-order valence-corrected chi connectivity index (χ0v) is 12.6. The summed E-state index contributed by atoms with van der Waals surface area (Å²) in [6, 6.07) is 2.90. The van der Waals surface area contributed by atoms with Gasteiger partial charge >= 0.3 is 0 Å². The van der Waals surface area contributed by atoms with Crippen molar-refractivity contribution in [1.82, 2.24) is 9.46 Å². The van der Waals surface area contributed by atoms with Crippen LogP contribution in [0.3, 0.4) is 0 Å². The van der Waals surface area contributed by atoms with Crippen LogP contribution >= 0.6 is 11.3 Å². The predicted octanol–water partition coefficient (Wildman–Crippen LogP) is 1.77. The molecule has 21 heavy (non-hydrogen) atoms. The Bertz CT molecular complexity index is 730. The fourth-order valence-electron chi connectivity index (χ4n) is 2.11. The van der Waals surface area contributed by atoms with Crippen molar-refractivity contribution in [3.05, 3.63) is 28.7 Å². The van der Waals surface area contributed by atoms with Gasteiger partial charge in [-0.3, -0.25) is 4.79 Å². The van der Waals surface area contributed by atoms with Crippen molar-refractivity contribution in [2.75, 3.05) is 18.4 Å². The standard InChI is InChI=1S/C12H13N3O4S2/c16-12(13-11-3-6-19-14-11)10-7-9(8-20-10)21(17,18)15-4-1-2-5-15/h3,6-8H,1-2,4-5H2,(H,13,14,16). The smallest absolute Gasteiger partial charge is 0.267 e. The van der Waals surface area contributed by atoms with Gasteiger partial charge in [0, 0.05) is 24.5 Å². The molecule has 0 aromatic carbocycles. The van der Waals surface area contributed by atoms with Crippen LogP contribution in [-0.2, 0) is 10.0 Å². The summed E-state index contributed by atoms with van der Waals surface area (Å²) in [4.78, 5) is 12.5. The molecule has 1 amide bonds. The highest BCUT2D eigenvalue weighted by atomic mass is 32.2. The lowest BCUT2D eigenvalue weighted by Crippen LogP contribution is -2.27. The second-order valence-electron chi connectivity index (χ2n) is 4.60. The number of amides is 1. The van der Waals surface area contributed by atoms with E-state index in [1.54, 1.807) is 0 Å². The fraction of sp³-hybridized carbons (Fsp3) is 0.333. The van der Waals surface area contributed by atoms with E-state index in [4.69, 9.17) is 0 Å². The van der Waals surface area contributed by atoms with Crippen molar-refractivity contribution in [2.24, 2.45) is 0 Å². The summed E-state index contributed by atoms with van der Waals surface area (Å²) < 4.78 is 30.8. The van der Waals surface area contributed by atoms with Crippen LogP contribution in [0, 0.1) is 0 Å². The number of hydrogen-bond acceptors (Lipinski definition) is 6. The van der Waals surface area contributed by atoms with E-state index in [1.807, 2.05) is 0 Å². The molecule has 1 fully saturated rings. The van der Waals surface area contributed by atoms with Crippen LogP contribution < -0.4 is 5.32 Å². The van der Waals surface area contributed by atoms with Crippen LogP contribution in [0.5, 0.6) is 0 Å². The summed E-state index contributed by atoms with van der Waals surface area (Å²) in [5.74, 6) is -0.117. The summed E-state index contributed by atoms with van der Waals surface area (Å²) in [6.07, 6.45) is 3.10. The van der Waals surface area contributed by atoms with E-state index in [0.717, 1.165) is 24.2 Å². The molecule has 1 N–H and O–H groups in total. The molecule has 3 rings (SSSR count). The molecule has 0 spiro atoms. The van der Waals surface area contributed by atoms with Gasteiger partial charge < -0.3 is 9.84 Å². The van der Waals surface area contributed by atoms with E-state index < -0.39 is 15.9 Å². The summed E-state index contributed by atoms with van der Waals surface area (Å²) in [7, 11) is -3.48. The minimum absolute atomic E-state index is 0.166. The number of carbonyl (C=O) groups excluding carboxylic acids is 1. The molecule has 2 aromatic rings. The Morgan fingerprint density at radius 3 is 2.81 bits per heavy atom. The van der Waals surface area contributed by atoms with E-state index in [0.29, 0.717) is 18.0 Å². The van der Waals surface area contributed by atoms with E-state index in [9.17, 15) is 13.2 Å². The maximum atomic E-state index is 12.4. The number of aromatic nitrogens is 1. The maximum Gasteiger partial charge on any atom is 0.267 e. The van der Waals surface area contributed by atoms with Gasteiger partial charge in [0.25, 0.3) is 5.91 Å². The molecular weight excluding hydrogens is 314 g/mol. The largest absolute Gasteiger partial charge is 0.363 e. The molecule has 3 heterocycles. The van der Waals surface area contributed by atoms with Crippen molar-refractivity contribution in [3.8, 4) is 0 Å². The molecule has 0 saturated carbocycles. The van der Waals surface area contributed by atoms with Gasteiger partial charge in [0.15, 0.2) is 5.82 Å². The van der Waals surface area contributed by atoms with Crippen molar-refractivity contribution >= 4 is 33.1 Å². The van der Waals surface area contributed by atoms with E-state index in [-0.39, 0.29) is 10.7 Å². The third-order valence-electron chi connectivity index (χ3n) is 3.18. The van der Waals surface area contributed by atoms with Crippen molar-refractivity contribution in [2.45, 2.75) is 17.7 Å². The lowest BCUT2D eigenvalue weighted by Gasteiger charge is -2.13. The van der Waals surface area contributed by atoms with Crippen LogP contribution in [0.1, 0.15) is 22.5 Å². The molecule has 1 aliphatic heterocycles. The third-order valence-corrected chi connectivity index (χ3v) is 6.14. The molecule has 2 aromatic heterocycles. The Balaban J connectivity index is 1.78. The molecular formula is C12H13N3O4S2. The average Bonchev–Trinajstić information content (AvgIpc) is 3.20. The van der Waals surface area contributed by atoms with Gasteiger partial charge in [0.2, 0.25) is 10.0 Å². The molecule has 0 aliphatic carbocycles. The molecule has 9 heteroatoms. The second kappa shape index (κ2) is 5.58. The molecule has 0 radical (unpaired) electrons. The topological polar surface area (TPSA) is 92.5 Å². The maximum absolute atomic E-state index is 12.4. The van der Waals surface area contributed by atoms with Gasteiger partial charge in [-0.05, 0) is 18.9 Å². The Kier molecular flexibility index (Phi) is 3.79. The molecule has 0 atom stereocenters. The summed E-state index contributed by atoms with van der Waals surface area (Å²) >= 11 is 1.09. The number of nitrogens with one attached hydrogen (secondary N) is 1. The van der Waals surface area contributed by atoms with Gasteiger partial charge in [-0.1, -0.05) is 5.16 Å². The molecule has 112 valence electrons. The Morgan fingerprint density at radius 2 is 2.14 bits per heavy atom. The lowest BCUT2D eigenvalue weighted by atomic mass is 10.4. The van der Waals surface area contributed by atoms with E-state index >= 15 is 0 Å². The number of hydrogen-bond donors (Lipinski definition) is 1. The van der Waals surface area contributed by atoms with Crippen molar-refractivity contribution < 1.29 is 17.7 Å². The van der Waals surface area contributed by atoms with Crippen LogP contribution in [0.4, 0.5) is 5.82 Å². The summed E-state index contributed by atoms with van der Waals surface area (Å²) in [5, 5.41) is 7.59. The minimum Gasteiger partial charge on any atom is -0.363 e. The van der Waals surface area contributed by atoms with Gasteiger partial charge in [0.1, 0.15) is 6.26 Å². The van der Waals surface area contributed by atoms with Crippen molar-refractivity contribution in [3.63, 3.8) is 0 Å². The normalized spacial score (nSPS) is 16.2. The number of rotatable bonds is 4. The van der Waals surface area contributed by atoms with Gasteiger partial charge in [-0.2, -0.15) is 4.31 Å². The zero-order chi connectivity index (χ0) is 14.9. The Hall–Kier alpha value is -1.71. The van der Waals surface area contributed by atoms with Crippen LogP contribution in [0.15, 0.2) is 33.2 Å². The van der Waals surface area contributed by atoms with Gasteiger partial charge in [-0.15, -0.1) is 11.3 Å². The highest BCUT2D eigenvalue weighted by Gasteiger charge is 2.28. The third kappa shape index (κ3) is 2.85. The molecule has 0 bridgehead atoms. The number of nitrogens with zero attached hydrogens (tertiary/aromatic N) is 2. The molecule has 0 unspecified atom stereocenters. The predicted molar refractivity (Wildman–Crippen MR) is 76.8 cm³/mol. The Labute approximate surface area is 125 Å². The highest BCUT2D eigenvalue weighted by Crippen LogP contribution is 2.25. The summed E-state index contributed by atoms with van der Waals surface area (Å²) in [6.45, 7) is 1.08. The quantitative estimate of drug-likeness (QED) is 0.924. The first-order chi connectivity index (χ1) is 10.1. The SMILES string of the molecule is O=C(Nc1ccon1)c1cc(S(=O)(=O)N2CCCC2)cs1. The molecule has 1 aliphatic rings. The lowest BCUT2D eigenvalue weighted by molar-refractivity contribution is 0.102. The first-order valence-electron chi connectivity index (χ1n) is 6.38. The monoisotopic (exact) mass is 327 g/mol. The van der Waals surface area contributed by atoms with Crippen molar-refractivity contribution in [1.29, 1.82) is 0 Å². The first kappa shape index (κ1) is 14.2. The van der Waals surface area contributed by atoms with E-state index in [2.05, 4.69) is 15.0 Å². The number of thiophene rings is 1. The number of anilines is 1. The van der Waals surface area contributed by atoms with Gasteiger partial charge in [-0.25, -0.2) is 8.42 Å². The number of carbonyl (C=O) groups is 1.